The smallest absolute Gasteiger partial charge is 0.235 e. The molecule has 0 saturated carbocycles. The number of hydrogen-bond acceptors (Lipinski definition) is 2. The van der Waals surface area contributed by atoms with E-state index in [0.717, 1.165) is 55.2 Å². The first kappa shape index (κ1) is 34.6. The lowest BCUT2D eigenvalue weighted by molar-refractivity contribution is 0.661. The van der Waals surface area contributed by atoms with Crippen molar-refractivity contribution in [2.24, 2.45) is 0 Å². The molecule has 0 bridgehead atoms. The van der Waals surface area contributed by atoms with E-state index in [2.05, 4.69) is 217 Å². The first-order valence-corrected chi connectivity index (χ1v) is 21.8. The molecule has 14 rings (SSSR count). The maximum atomic E-state index is 5.75. The summed E-state index contributed by atoms with van der Waals surface area (Å²) in [5.74, 6) is 0.655. The fourth-order valence-corrected chi connectivity index (χ4v) is 11.2. The maximum Gasteiger partial charge on any atom is 0.235 e. The molecule has 3 aromatic heterocycles. The second-order valence-corrected chi connectivity index (χ2v) is 17.7. The van der Waals surface area contributed by atoms with Crippen molar-refractivity contribution < 1.29 is 0 Å². The monoisotopic (exact) mass is 802 g/mol. The number of benzene rings is 10. The first-order valence-electron chi connectivity index (χ1n) is 21.8. The molecule has 0 unspecified atom stereocenters. The molecule has 0 fully saturated rings. The van der Waals surface area contributed by atoms with Crippen LogP contribution in [0.15, 0.2) is 194 Å². The molecule has 3 heterocycles. The predicted octanol–water partition coefficient (Wildman–Crippen LogP) is 15.3. The standard InChI is InChI=1S/C59H38N4/c1-59(2)48-25-13-10-24-44(48)54-45-34-47-41-21-12-15-27-51(41)63(53(47)33-35(45)28-30-49(54)59)58-60-56(55-42-22-8-6-18-38(42)39-19-7-9-23-43(39)57(55)61-58)36-29-31-52-46(32-36)40-20-11-14-26-50(40)62(52)37-16-4-3-5-17-37/h3-34H,1-2H3. The molecule has 0 atom stereocenters. The highest BCUT2D eigenvalue weighted by Crippen LogP contribution is 2.52. The van der Waals surface area contributed by atoms with E-state index < -0.39 is 0 Å². The summed E-state index contributed by atoms with van der Waals surface area (Å²) in [6, 6.07) is 70.9. The molecule has 0 radical (unpaired) electrons. The molecule has 4 heteroatoms. The van der Waals surface area contributed by atoms with E-state index in [1.807, 2.05) is 0 Å². The SMILES string of the molecule is CC1(C)c2ccccc2-c2c1ccc1cc3c(cc21)c1ccccc1n3-c1nc(-c2ccc3c(c2)c2ccccc2n3-c2ccccc2)c2c3ccccc3c3ccccc3c2n1. The maximum absolute atomic E-state index is 5.75. The van der Waals surface area contributed by atoms with Gasteiger partial charge in [0.1, 0.15) is 0 Å². The third-order valence-electron chi connectivity index (χ3n) is 14.1. The van der Waals surface area contributed by atoms with E-state index >= 15 is 0 Å². The molecule has 63 heavy (non-hydrogen) atoms. The van der Waals surface area contributed by atoms with Gasteiger partial charge in [-0.1, -0.05) is 159 Å². The van der Waals surface area contributed by atoms with E-state index in [1.165, 1.54) is 70.9 Å². The summed E-state index contributed by atoms with van der Waals surface area (Å²) in [6.45, 7) is 4.71. The van der Waals surface area contributed by atoms with Gasteiger partial charge in [-0.3, -0.25) is 4.57 Å². The lowest BCUT2D eigenvalue weighted by Crippen LogP contribution is -2.14. The normalized spacial score (nSPS) is 13.4. The van der Waals surface area contributed by atoms with E-state index in [-0.39, 0.29) is 5.41 Å². The van der Waals surface area contributed by atoms with Crippen LogP contribution < -0.4 is 0 Å². The minimum atomic E-state index is -0.0785. The minimum absolute atomic E-state index is 0.0785. The third-order valence-corrected chi connectivity index (χ3v) is 14.1. The van der Waals surface area contributed by atoms with E-state index in [9.17, 15) is 0 Å². The molecule has 0 amide bonds. The molecule has 4 nitrogen and oxygen atoms in total. The van der Waals surface area contributed by atoms with Crippen molar-refractivity contribution in [3.05, 3.63) is 205 Å². The van der Waals surface area contributed by atoms with Gasteiger partial charge in [-0.2, -0.15) is 0 Å². The Hall–Kier alpha value is -8.08. The molecule has 0 N–H and O–H groups in total. The first-order chi connectivity index (χ1) is 31.0. The number of rotatable bonds is 3. The number of aromatic nitrogens is 4. The molecule has 13 aromatic rings. The van der Waals surface area contributed by atoms with Crippen molar-refractivity contribution in [1.82, 2.24) is 19.1 Å². The summed E-state index contributed by atoms with van der Waals surface area (Å²) in [5.41, 5.74) is 13.9. The van der Waals surface area contributed by atoms with Gasteiger partial charge in [-0.15, -0.1) is 0 Å². The molecular weight excluding hydrogens is 765 g/mol. The molecule has 1 aliphatic carbocycles. The van der Waals surface area contributed by atoms with Crippen LogP contribution in [-0.2, 0) is 5.41 Å². The highest BCUT2D eigenvalue weighted by atomic mass is 15.2. The van der Waals surface area contributed by atoms with Crippen molar-refractivity contribution in [2.45, 2.75) is 19.3 Å². The lowest BCUT2D eigenvalue weighted by atomic mass is 9.82. The minimum Gasteiger partial charge on any atom is -0.309 e. The topological polar surface area (TPSA) is 35.6 Å². The lowest BCUT2D eigenvalue weighted by Gasteiger charge is -2.21. The Kier molecular flexibility index (Phi) is 6.87. The zero-order valence-electron chi connectivity index (χ0n) is 34.8. The predicted molar refractivity (Wildman–Crippen MR) is 264 cm³/mol. The van der Waals surface area contributed by atoms with Crippen molar-refractivity contribution >= 4 is 86.8 Å². The van der Waals surface area contributed by atoms with Crippen LogP contribution in [0, 0.1) is 0 Å². The highest BCUT2D eigenvalue weighted by molar-refractivity contribution is 6.27. The number of nitrogens with zero attached hydrogens (tertiary/aromatic N) is 4. The Morgan fingerprint density at radius 1 is 0.397 bits per heavy atom. The Bertz CT molecular complexity index is 4110. The van der Waals surface area contributed by atoms with Gasteiger partial charge in [0.15, 0.2) is 0 Å². The molecular formula is C59H38N4. The van der Waals surface area contributed by atoms with E-state index in [4.69, 9.17) is 9.97 Å². The van der Waals surface area contributed by atoms with Gasteiger partial charge in [0, 0.05) is 49.0 Å². The highest BCUT2D eigenvalue weighted by Gasteiger charge is 2.36. The summed E-state index contributed by atoms with van der Waals surface area (Å²) in [6.07, 6.45) is 0. The van der Waals surface area contributed by atoms with Gasteiger partial charge in [0.2, 0.25) is 5.95 Å². The fourth-order valence-electron chi connectivity index (χ4n) is 11.2. The van der Waals surface area contributed by atoms with Crippen LogP contribution in [0.3, 0.4) is 0 Å². The molecule has 294 valence electrons. The fraction of sp³-hybridized carbons (Fsp3) is 0.0508. The molecule has 0 spiro atoms. The Morgan fingerprint density at radius 3 is 1.78 bits per heavy atom. The average molecular weight is 803 g/mol. The number of hydrogen-bond donors (Lipinski definition) is 0. The summed E-state index contributed by atoms with van der Waals surface area (Å²) in [7, 11) is 0. The van der Waals surface area contributed by atoms with Gasteiger partial charge in [-0.05, 0) is 97.7 Å². The molecule has 1 aliphatic rings. The summed E-state index contributed by atoms with van der Waals surface area (Å²) in [4.78, 5) is 11.4. The van der Waals surface area contributed by atoms with Crippen molar-refractivity contribution in [3.8, 4) is 34.0 Å². The van der Waals surface area contributed by atoms with Crippen LogP contribution in [0.1, 0.15) is 25.0 Å². The van der Waals surface area contributed by atoms with Crippen LogP contribution in [0.2, 0.25) is 0 Å². The Morgan fingerprint density at radius 2 is 1.00 bits per heavy atom. The van der Waals surface area contributed by atoms with Crippen LogP contribution >= 0.6 is 0 Å². The largest absolute Gasteiger partial charge is 0.309 e. The van der Waals surface area contributed by atoms with Gasteiger partial charge in [0.25, 0.3) is 0 Å². The van der Waals surface area contributed by atoms with Gasteiger partial charge >= 0.3 is 0 Å². The van der Waals surface area contributed by atoms with Crippen molar-refractivity contribution in [1.29, 1.82) is 0 Å². The summed E-state index contributed by atoms with van der Waals surface area (Å²) in [5, 5.41) is 12.9. The third kappa shape index (κ3) is 4.64. The van der Waals surface area contributed by atoms with Crippen molar-refractivity contribution in [3.63, 3.8) is 0 Å². The van der Waals surface area contributed by atoms with Crippen LogP contribution in [0.25, 0.3) is 121 Å². The van der Waals surface area contributed by atoms with Crippen LogP contribution in [0.5, 0.6) is 0 Å². The molecule has 0 saturated heterocycles. The quantitative estimate of drug-likeness (QED) is 0.167. The molecule has 10 aromatic carbocycles. The average Bonchev–Trinajstić information content (AvgIpc) is 3.93. The summed E-state index contributed by atoms with van der Waals surface area (Å²) >= 11 is 0. The number of fused-ring (bicyclic) bond motifs is 17. The second kappa shape index (κ2) is 12.5. The Balaban J connectivity index is 1.10. The molecule has 0 aliphatic heterocycles. The van der Waals surface area contributed by atoms with Gasteiger partial charge in [0.05, 0.1) is 33.3 Å². The zero-order valence-corrected chi connectivity index (χ0v) is 34.8. The Labute approximate surface area is 362 Å². The van der Waals surface area contributed by atoms with Crippen LogP contribution in [0.4, 0.5) is 0 Å². The van der Waals surface area contributed by atoms with Crippen LogP contribution in [-0.4, -0.2) is 19.1 Å². The van der Waals surface area contributed by atoms with Gasteiger partial charge < -0.3 is 4.57 Å². The van der Waals surface area contributed by atoms with Gasteiger partial charge in [-0.25, -0.2) is 9.97 Å². The zero-order chi connectivity index (χ0) is 41.6. The summed E-state index contributed by atoms with van der Waals surface area (Å²) < 4.78 is 4.68. The van der Waals surface area contributed by atoms with E-state index in [0.29, 0.717) is 5.95 Å². The number of para-hydroxylation sites is 3. The van der Waals surface area contributed by atoms with E-state index in [1.54, 1.807) is 0 Å². The second-order valence-electron chi connectivity index (χ2n) is 17.7. The van der Waals surface area contributed by atoms with Crippen molar-refractivity contribution in [2.75, 3.05) is 0 Å².